The van der Waals surface area contributed by atoms with E-state index in [1.807, 2.05) is 32.3 Å². The number of anilines is 1. The van der Waals surface area contributed by atoms with Gasteiger partial charge in [-0.25, -0.2) is 0 Å². The van der Waals surface area contributed by atoms with Crippen LogP contribution >= 0.6 is 11.8 Å². The van der Waals surface area contributed by atoms with Gasteiger partial charge in [-0.15, -0.1) is 10.2 Å². The lowest BCUT2D eigenvalue weighted by atomic mass is 10.2. The van der Waals surface area contributed by atoms with Gasteiger partial charge in [-0.2, -0.15) is 5.26 Å². The van der Waals surface area contributed by atoms with E-state index >= 15 is 0 Å². The number of amides is 1. The minimum Gasteiger partial charge on any atom is -0.327 e. The maximum Gasteiger partial charge on any atom is 0.235 e. The average molecular weight is 387 g/mol. The van der Waals surface area contributed by atoms with Crippen molar-refractivity contribution in [1.82, 2.24) is 19.3 Å². The number of carbonyl (C=O) groups excluding carboxylic acids is 1. The van der Waals surface area contributed by atoms with Crippen LogP contribution in [0.15, 0.2) is 11.5 Å². The summed E-state index contributed by atoms with van der Waals surface area (Å²) >= 11 is 1.36. The van der Waals surface area contributed by atoms with Crippen LogP contribution in [0.2, 0.25) is 0 Å². The van der Waals surface area contributed by atoms with E-state index in [2.05, 4.69) is 26.2 Å². The summed E-state index contributed by atoms with van der Waals surface area (Å²) in [5, 5.41) is 21.4. The molecule has 27 heavy (non-hydrogen) atoms. The minimum absolute atomic E-state index is 0.133. The van der Waals surface area contributed by atoms with Crippen molar-refractivity contribution in [3.63, 3.8) is 0 Å². The second kappa shape index (κ2) is 8.17. The Bertz CT molecular complexity index is 870. The van der Waals surface area contributed by atoms with Crippen LogP contribution in [0, 0.1) is 25.2 Å². The van der Waals surface area contributed by atoms with Crippen LogP contribution in [0.5, 0.6) is 0 Å². The molecular formula is C19H26N6OS. The molecule has 0 radical (unpaired) electrons. The summed E-state index contributed by atoms with van der Waals surface area (Å²) in [6, 6.07) is 2.87. The van der Waals surface area contributed by atoms with E-state index in [-0.39, 0.29) is 17.7 Å². The van der Waals surface area contributed by atoms with Crippen LogP contribution in [0.4, 0.5) is 5.82 Å². The first-order chi connectivity index (χ1) is 12.9. The first-order valence-corrected chi connectivity index (χ1v) is 10.4. The topological polar surface area (TPSA) is 88.5 Å². The number of hydrogen-bond acceptors (Lipinski definition) is 5. The van der Waals surface area contributed by atoms with Crippen molar-refractivity contribution >= 4 is 23.5 Å². The number of carbonyl (C=O) groups is 1. The molecule has 0 atom stereocenters. The van der Waals surface area contributed by atoms with E-state index in [0.29, 0.717) is 17.4 Å². The molecule has 0 bridgehead atoms. The highest BCUT2D eigenvalue weighted by Crippen LogP contribution is 2.37. The molecule has 0 aromatic carbocycles. The smallest absolute Gasteiger partial charge is 0.235 e. The summed E-state index contributed by atoms with van der Waals surface area (Å²) < 4.78 is 4.11. The molecule has 2 heterocycles. The fourth-order valence-corrected chi connectivity index (χ4v) is 4.54. The van der Waals surface area contributed by atoms with Gasteiger partial charge in [0.2, 0.25) is 5.91 Å². The SMILES string of the molecule is Cc1c(C#N)c(NC(=O)CSc2nncn2C(C)C)n(C2CCCC2)c1C. The summed E-state index contributed by atoms with van der Waals surface area (Å²) in [4.78, 5) is 12.6. The Balaban J connectivity index is 1.78. The molecule has 2 aromatic rings. The summed E-state index contributed by atoms with van der Waals surface area (Å²) in [5.41, 5.74) is 2.59. The first-order valence-electron chi connectivity index (χ1n) is 9.37. The third-order valence-corrected chi connectivity index (χ3v) is 6.20. The number of aromatic nitrogens is 4. The monoisotopic (exact) mass is 386 g/mol. The van der Waals surface area contributed by atoms with Gasteiger partial charge in [0, 0.05) is 17.8 Å². The molecule has 0 saturated heterocycles. The summed E-state index contributed by atoms with van der Waals surface area (Å²) in [6.07, 6.45) is 6.25. The second-order valence-corrected chi connectivity index (χ2v) is 8.25. The molecule has 1 N–H and O–H groups in total. The largest absolute Gasteiger partial charge is 0.327 e. The van der Waals surface area contributed by atoms with E-state index in [1.165, 1.54) is 24.6 Å². The van der Waals surface area contributed by atoms with Gasteiger partial charge in [-0.1, -0.05) is 24.6 Å². The standard InChI is InChI=1S/C19H26N6OS/c1-12(2)24-11-21-23-19(24)27-10-17(26)22-18-16(9-20)13(3)14(4)25(18)15-7-5-6-8-15/h11-12,15H,5-8,10H2,1-4H3,(H,22,26). The van der Waals surface area contributed by atoms with Crippen LogP contribution in [-0.2, 0) is 4.79 Å². The highest BCUT2D eigenvalue weighted by atomic mass is 32.2. The summed E-state index contributed by atoms with van der Waals surface area (Å²) in [5.74, 6) is 0.742. The molecule has 144 valence electrons. The van der Waals surface area contributed by atoms with E-state index in [1.54, 1.807) is 6.33 Å². The van der Waals surface area contributed by atoms with Crippen LogP contribution < -0.4 is 5.32 Å². The van der Waals surface area contributed by atoms with Crippen LogP contribution in [0.3, 0.4) is 0 Å². The molecule has 1 saturated carbocycles. The van der Waals surface area contributed by atoms with Crippen molar-refractivity contribution in [2.24, 2.45) is 0 Å². The van der Waals surface area contributed by atoms with Crippen molar-refractivity contribution in [1.29, 1.82) is 5.26 Å². The fraction of sp³-hybridized carbons (Fsp3) is 0.579. The lowest BCUT2D eigenvalue weighted by molar-refractivity contribution is -0.113. The molecule has 2 aromatic heterocycles. The highest BCUT2D eigenvalue weighted by molar-refractivity contribution is 7.99. The molecule has 1 aliphatic rings. The number of rotatable bonds is 6. The van der Waals surface area contributed by atoms with Crippen LogP contribution in [0.25, 0.3) is 0 Å². The third-order valence-electron chi connectivity index (χ3n) is 5.25. The zero-order valence-electron chi connectivity index (χ0n) is 16.3. The van der Waals surface area contributed by atoms with Crippen molar-refractivity contribution in [3.05, 3.63) is 23.1 Å². The second-order valence-electron chi connectivity index (χ2n) is 7.31. The molecule has 0 unspecified atom stereocenters. The molecule has 1 aliphatic carbocycles. The van der Waals surface area contributed by atoms with Gasteiger partial charge in [0.25, 0.3) is 0 Å². The van der Waals surface area contributed by atoms with Gasteiger partial charge in [-0.3, -0.25) is 4.79 Å². The molecule has 8 heteroatoms. The van der Waals surface area contributed by atoms with Crippen molar-refractivity contribution < 1.29 is 4.79 Å². The van der Waals surface area contributed by atoms with Gasteiger partial charge in [-0.05, 0) is 46.1 Å². The van der Waals surface area contributed by atoms with E-state index in [0.717, 1.165) is 29.3 Å². The maximum absolute atomic E-state index is 12.6. The fourth-order valence-electron chi connectivity index (χ4n) is 3.69. The van der Waals surface area contributed by atoms with Gasteiger partial charge >= 0.3 is 0 Å². The Morgan fingerprint density at radius 1 is 1.41 bits per heavy atom. The molecule has 7 nitrogen and oxygen atoms in total. The number of nitriles is 1. The quantitative estimate of drug-likeness (QED) is 0.758. The van der Waals surface area contributed by atoms with Gasteiger partial charge in [0.15, 0.2) is 5.16 Å². The number of thioether (sulfide) groups is 1. The van der Waals surface area contributed by atoms with Crippen molar-refractivity contribution in [2.45, 2.75) is 70.6 Å². The Labute approximate surface area is 164 Å². The zero-order chi connectivity index (χ0) is 19.6. The molecule has 3 rings (SSSR count). The highest BCUT2D eigenvalue weighted by Gasteiger charge is 2.26. The van der Waals surface area contributed by atoms with E-state index in [9.17, 15) is 10.1 Å². The van der Waals surface area contributed by atoms with E-state index in [4.69, 9.17) is 0 Å². The van der Waals surface area contributed by atoms with E-state index < -0.39 is 0 Å². The normalized spacial score (nSPS) is 14.7. The lowest BCUT2D eigenvalue weighted by Gasteiger charge is -2.19. The van der Waals surface area contributed by atoms with Gasteiger partial charge < -0.3 is 14.5 Å². The molecule has 0 spiro atoms. The van der Waals surface area contributed by atoms with Crippen LogP contribution in [0.1, 0.15) is 68.4 Å². The molecule has 1 fully saturated rings. The van der Waals surface area contributed by atoms with Gasteiger partial charge in [0.1, 0.15) is 18.2 Å². The van der Waals surface area contributed by atoms with Crippen molar-refractivity contribution in [3.8, 4) is 6.07 Å². The predicted octanol–water partition coefficient (Wildman–Crippen LogP) is 3.99. The average Bonchev–Trinajstić information content (AvgIpc) is 3.35. The zero-order valence-corrected chi connectivity index (χ0v) is 17.1. The van der Waals surface area contributed by atoms with Crippen molar-refractivity contribution in [2.75, 3.05) is 11.1 Å². The Hall–Kier alpha value is -2.27. The van der Waals surface area contributed by atoms with Gasteiger partial charge in [0.05, 0.1) is 11.3 Å². The molecular weight excluding hydrogens is 360 g/mol. The Morgan fingerprint density at radius 2 is 2.11 bits per heavy atom. The first kappa shape index (κ1) is 19.5. The summed E-state index contributed by atoms with van der Waals surface area (Å²) in [6.45, 7) is 8.08. The maximum atomic E-state index is 12.6. The number of nitrogens with one attached hydrogen (secondary N) is 1. The molecule has 0 aliphatic heterocycles. The Morgan fingerprint density at radius 3 is 2.74 bits per heavy atom. The number of nitrogens with zero attached hydrogens (tertiary/aromatic N) is 5. The van der Waals surface area contributed by atoms with Crippen LogP contribution in [-0.4, -0.2) is 31.0 Å². The Kier molecular flexibility index (Phi) is 5.90. The summed E-state index contributed by atoms with van der Waals surface area (Å²) in [7, 11) is 0. The lowest BCUT2D eigenvalue weighted by Crippen LogP contribution is -2.20. The number of hydrogen-bond donors (Lipinski definition) is 1. The minimum atomic E-state index is -0.133. The third kappa shape index (κ3) is 3.88. The predicted molar refractivity (Wildman–Crippen MR) is 106 cm³/mol. The molecule has 1 amide bonds.